The molecule has 6 atom stereocenters. The minimum atomic E-state index is -1.09. The normalized spacial score (nSPS) is 25.3. The van der Waals surface area contributed by atoms with Crippen molar-refractivity contribution in [1.82, 2.24) is 20.9 Å². The molecule has 224 valence electrons. The molecular weight excluding hydrogens is 522 g/mol. The molecule has 10 heteroatoms. The minimum absolute atomic E-state index is 0.0352. The fourth-order valence-corrected chi connectivity index (χ4v) is 7.03. The van der Waals surface area contributed by atoms with Gasteiger partial charge in [-0.05, 0) is 54.9 Å². The monoisotopic (exact) mass is 567 g/mol. The minimum Gasteiger partial charge on any atom is -0.363 e. The number of urea groups is 1. The quantitative estimate of drug-likeness (QED) is 0.303. The fraction of sp³-hybridized carbons (Fsp3) is 0.645. The number of fused-ring (bicyclic) bond motifs is 1. The SMILES string of the molecule is CCCC(NC(=O)[C@@H]1C2C(CN1C(=O)C(NC(=O)N[C@@H](C)c1ccccc1)C1CCCCC1)C2(C)C)C(=O)C(N)=O. The smallest absolute Gasteiger partial charge is 0.315 e. The molecule has 3 fully saturated rings. The molecule has 4 unspecified atom stereocenters. The summed E-state index contributed by atoms with van der Waals surface area (Å²) in [5.41, 5.74) is 6.06. The van der Waals surface area contributed by atoms with Crippen molar-refractivity contribution in [3.05, 3.63) is 35.9 Å². The van der Waals surface area contributed by atoms with Crippen LogP contribution >= 0.6 is 0 Å². The Morgan fingerprint density at radius 1 is 1.00 bits per heavy atom. The van der Waals surface area contributed by atoms with Gasteiger partial charge >= 0.3 is 6.03 Å². The van der Waals surface area contributed by atoms with Crippen molar-refractivity contribution in [3.63, 3.8) is 0 Å². The van der Waals surface area contributed by atoms with Crippen molar-refractivity contribution in [2.24, 2.45) is 28.9 Å². The summed E-state index contributed by atoms with van der Waals surface area (Å²) in [6.07, 6.45) is 5.53. The number of Topliss-reactive ketones (excluding diaryl/α,β-unsaturated/α-hetero) is 1. The maximum atomic E-state index is 14.2. The third kappa shape index (κ3) is 6.57. The van der Waals surface area contributed by atoms with Crippen LogP contribution < -0.4 is 21.7 Å². The van der Waals surface area contributed by atoms with Gasteiger partial charge in [0.05, 0.1) is 12.1 Å². The molecule has 1 aromatic carbocycles. The molecule has 0 radical (unpaired) electrons. The largest absolute Gasteiger partial charge is 0.363 e. The molecule has 1 heterocycles. The Hall–Kier alpha value is -3.43. The van der Waals surface area contributed by atoms with E-state index < -0.39 is 41.8 Å². The summed E-state index contributed by atoms with van der Waals surface area (Å²) in [6, 6.07) is 6.34. The van der Waals surface area contributed by atoms with Gasteiger partial charge in [-0.1, -0.05) is 76.8 Å². The molecule has 1 saturated heterocycles. The zero-order valence-electron chi connectivity index (χ0n) is 24.7. The van der Waals surface area contributed by atoms with Gasteiger partial charge in [0.2, 0.25) is 17.6 Å². The molecule has 3 aliphatic rings. The van der Waals surface area contributed by atoms with Crippen LogP contribution in [0.15, 0.2) is 30.3 Å². The Morgan fingerprint density at radius 3 is 2.27 bits per heavy atom. The number of piperidine rings is 1. The molecule has 10 nitrogen and oxygen atoms in total. The number of amides is 5. The van der Waals surface area contributed by atoms with Crippen molar-refractivity contribution in [1.29, 1.82) is 0 Å². The van der Waals surface area contributed by atoms with Crippen LogP contribution in [0.3, 0.4) is 0 Å². The van der Waals surface area contributed by atoms with E-state index in [1.54, 1.807) is 4.90 Å². The number of ketones is 1. The molecule has 0 bridgehead atoms. The summed E-state index contributed by atoms with van der Waals surface area (Å²) in [5, 5.41) is 8.68. The molecule has 5 N–H and O–H groups in total. The van der Waals surface area contributed by atoms with Crippen LogP contribution in [0.1, 0.15) is 84.2 Å². The average Bonchev–Trinajstić information content (AvgIpc) is 3.27. The first-order valence-electron chi connectivity index (χ1n) is 15.0. The van der Waals surface area contributed by atoms with Gasteiger partial charge in [-0.15, -0.1) is 0 Å². The molecule has 0 aromatic heterocycles. The topological polar surface area (TPSA) is 151 Å². The van der Waals surface area contributed by atoms with E-state index in [0.717, 1.165) is 37.7 Å². The Balaban J connectivity index is 1.54. The molecular formula is C31H45N5O5. The van der Waals surface area contributed by atoms with Crippen LogP contribution in [0, 0.1) is 23.2 Å². The Labute approximate surface area is 242 Å². The molecule has 2 saturated carbocycles. The fourth-order valence-electron chi connectivity index (χ4n) is 7.03. The highest BCUT2D eigenvalue weighted by molar-refractivity contribution is 6.37. The summed E-state index contributed by atoms with van der Waals surface area (Å²) >= 11 is 0. The molecule has 4 rings (SSSR count). The van der Waals surface area contributed by atoms with Crippen LogP contribution in [0.25, 0.3) is 0 Å². The zero-order valence-corrected chi connectivity index (χ0v) is 24.7. The average molecular weight is 568 g/mol. The van der Waals surface area contributed by atoms with E-state index in [1.165, 1.54) is 0 Å². The molecule has 41 heavy (non-hydrogen) atoms. The Morgan fingerprint density at radius 2 is 1.66 bits per heavy atom. The number of nitrogens with one attached hydrogen (secondary N) is 3. The molecule has 1 aromatic rings. The summed E-state index contributed by atoms with van der Waals surface area (Å²) < 4.78 is 0. The summed E-state index contributed by atoms with van der Waals surface area (Å²) in [6.45, 7) is 8.31. The highest BCUT2D eigenvalue weighted by atomic mass is 16.2. The van der Waals surface area contributed by atoms with Gasteiger partial charge < -0.3 is 26.6 Å². The van der Waals surface area contributed by atoms with Crippen LogP contribution in [0.4, 0.5) is 4.79 Å². The lowest BCUT2D eigenvalue weighted by molar-refractivity contribution is -0.144. The molecule has 2 aliphatic carbocycles. The van der Waals surface area contributed by atoms with Crippen molar-refractivity contribution in [2.75, 3.05) is 6.54 Å². The van der Waals surface area contributed by atoms with Crippen LogP contribution in [-0.2, 0) is 19.2 Å². The Kier molecular flexibility index (Phi) is 9.39. The summed E-state index contributed by atoms with van der Waals surface area (Å²) in [5.74, 6) is -2.62. The number of nitrogens with zero attached hydrogens (tertiary/aromatic N) is 1. The van der Waals surface area contributed by atoms with E-state index in [4.69, 9.17) is 5.73 Å². The standard InChI is InChI=1S/C31H45N5O5/c1-5-12-22(26(37)27(32)38)34-28(39)25-23-21(31(23,3)4)17-36(25)29(40)24(20-15-10-7-11-16-20)35-30(41)33-18(2)19-13-8-6-9-14-19/h6,8-9,13-14,18,20-25H,5,7,10-12,15-17H2,1-4H3,(H2,32,38)(H,34,39)(H2,33,35,41)/t18-,21?,22?,23?,24?,25-/m0/s1. The summed E-state index contributed by atoms with van der Waals surface area (Å²) in [4.78, 5) is 66.8. The van der Waals surface area contributed by atoms with Crippen LogP contribution in [-0.4, -0.2) is 59.1 Å². The molecule has 1 aliphatic heterocycles. The number of hydrogen-bond acceptors (Lipinski definition) is 5. The number of carbonyl (C=O) groups excluding carboxylic acids is 5. The zero-order chi connectivity index (χ0) is 29.9. The van der Waals surface area contributed by atoms with Crippen LogP contribution in [0.5, 0.6) is 0 Å². The predicted octanol–water partition coefficient (Wildman–Crippen LogP) is 2.82. The lowest BCUT2D eigenvalue weighted by atomic mass is 9.83. The number of hydrogen-bond donors (Lipinski definition) is 4. The highest BCUT2D eigenvalue weighted by Gasteiger charge is 2.69. The maximum absolute atomic E-state index is 14.2. The van der Waals surface area contributed by atoms with Gasteiger partial charge in [-0.3, -0.25) is 19.2 Å². The van der Waals surface area contributed by atoms with Gasteiger partial charge in [0.15, 0.2) is 0 Å². The second-order valence-electron chi connectivity index (χ2n) is 12.6. The van der Waals surface area contributed by atoms with Gasteiger partial charge in [0, 0.05) is 6.54 Å². The number of benzene rings is 1. The highest BCUT2D eigenvalue weighted by Crippen LogP contribution is 2.65. The van der Waals surface area contributed by atoms with Crippen molar-refractivity contribution < 1.29 is 24.0 Å². The van der Waals surface area contributed by atoms with Crippen LogP contribution in [0.2, 0.25) is 0 Å². The first kappa shape index (κ1) is 30.5. The predicted molar refractivity (Wildman–Crippen MR) is 154 cm³/mol. The van der Waals surface area contributed by atoms with Gasteiger partial charge in [-0.25, -0.2) is 4.79 Å². The number of carbonyl (C=O) groups is 5. The number of likely N-dealkylation sites (tertiary alicyclic amines) is 1. The number of nitrogens with two attached hydrogens (primary N) is 1. The lowest BCUT2D eigenvalue weighted by Gasteiger charge is -2.37. The van der Waals surface area contributed by atoms with E-state index in [0.29, 0.717) is 13.0 Å². The van der Waals surface area contributed by atoms with Gasteiger partial charge in [-0.2, -0.15) is 0 Å². The third-order valence-electron chi connectivity index (χ3n) is 9.53. The van der Waals surface area contributed by atoms with Crippen molar-refractivity contribution >= 4 is 29.5 Å². The first-order valence-corrected chi connectivity index (χ1v) is 15.0. The van der Waals surface area contributed by atoms with E-state index >= 15 is 0 Å². The van der Waals surface area contributed by atoms with E-state index in [9.17, 15) is 24.0 Å². The first-order chi connectivity index (χ1) is 19.5. The van der Waals surface area contributed by atoms with Crippen molar-refractivity contribution in [2.45, 2.75) is 96.8 Å². The van der Waals surface area contributed by atoms with Gasteiger partial charge in [0.1, 0.15) is 12.1 Å². The number of rotatable bonds is 11. The van der Waals surface area contributed by atoms with E-state index in [-0.39, 0.29) is 41.5 Å². The van der Waals surface area contributed by atoms with E-state index in [1.807, 2.05) is 44.2 Å². The molecule has 5 amide bonds. The maximum Gasteiger partial charge on any atom is 0.315 e. The number of primary amides is 1. The Bertz CT molecular complexity index is 1150. The van der Waals surface area contributed by atoms with Gasteiger partial charge in [0.25, 0.3) is 5.91 Å². The van der Waals surface area contributed by atoms with E-state index in [2.05, 4.69) is 29.8 Å². The second-order valence-corrected chi connectivity index (χ2v) is 12.6. The van der Waals surface area contributed by atoms with Crippen molar-refractivity contribution in [3.8, 4) is 0 Å². The second kappa shape index (κ2) is 12.6. The molecule has 0 spiro atoms. The summed E-state index contributed by atoms with van der Waals surface area (Å²) in [7, 11) is 0. The third-order valence-corrected chi connectivity index (χ3v) is 9.53. The lowest BCUT2D eigenvalue weighted by Crippen LogP contribution is -2.60.